The van der Waals surface area contributed by atoms with Gasteiger partial charge in [-0.2, -0.15) is 0 Å². The van der Waals surface area contributed by atoms with Crippen LogP contribution in [-0.4, -0.2) is 29.5 Å². The molecule has 0 aliphatic carbocycles. The van der Waals surface area contributed by atoms with Crippen molar-refractivity contribution in [1.29, 1.82) is 0 Å². The standard InChI is InChI=1S/C14H15ClN4O/c1-16-12-5-4-11(15)13(19-12)14(20)18-8-6-10-3-2-7-17-9-10/h2-5,7,9H,6,8H2,1H3,(H,16,19)(H,18,20). The molecule has 2 aromatic rings. The van der Waals surface area contributed by atoms with E-state index in [-0.39, 0.29) is 11.6 Å². The van der Waals surface area contributed by atoms with Gasteiger partial charge in [-0.15, -0.1) is 0 Å². The quantitative estimate of drug-likeness (QED) is 0.885. The third-order valence-corrected chi connectivity index (χ3v) is 3.04. The zero-order chi connectivity index (χ0) is 14.4. The summed E-state index contributed by atoms with van der Waals surface area (Å²) in [5.41, 5.74) is 1.29. The highest BCUT2D eigenvalue weighted by atomic mass is 35.5. The Balaban J connectivity index is 1.95. The highest BCUT2D eigenvalue weighted by Gasteiger charge is 2.12. The van der Waals surface area contributed by atoms with Gasteiger partial charge in [0.25, 0.3) is 5.91 Å². The summed E-state index contributed by atoms with van der Waals surface area (Å²) in [6.45, 7) is 0.506. The van der Waals surface area contributed by atoms with Crippen LogP contribution in [0, 0.1) is 0 Å². The number of carbonyl (C=O) groups excluding carboxylic acids is 1. The lowest BCUT2D eigenvalue weighted by molar-refractivity contribution is 0.0949. The van der Waals surface area contributed by atoms with Crippen molar-refractivity contribution in [2.24, 2.45) is 0 Å². The second-order valence-electron chi connectivity index (χ2n) is 4.14. The molecule has 2 rings (SSSR count). The molecule has 0 radical (unpaired) electrons. The molecular formula is C14H15ClN4O. The first-order valence-electron chi connectivity index (χ1n) is 6.22. The van der Waals surface area contributed by atoms with Gasteiger partial charge in [-0.1, -0.05) is 17.7 Å². The highest BCUT2D eigenvalue weighted by Crippen LogP contribution is 2.16. The fraction of sp³-hybridized carbons (Fsp3) is 0.214. The van der Waals surface area contributed by atoms with Gasteiger partial charge in [-0.05, 0) is 30.2 Å². The molecule has 0 atom stereocenters. The molecule has 0 spiro atoms. The molecule has 0 fully saturated rings. The van der Waals surface area contributed by atoms with E-state index < -0.39 is 0 Å². The maximum absolute atomic E-state index is 12.0. The van der Waals surface area contributed by atoms with Crippen LogP contribution in [-0.2, 0) is 6.42 Å². The van der Waals surface area contributed by atoms with Gasteiger partial charge in [-0.25, -0.2) is 4.98 Å². The zero-order valence-electron chi connectivity index (χ0n) is 11.1. The molecule has 1 amide bonds. The second-order valence-corrected chi connectivity index (χ2v) is 4.55. The Labute approximate surface area is 122 Å². The molecule has 0 aliphatic rings. The van der Waals surface area contributed by atoms with Crippen LogP contribution in [0.4, 0.5) is 5.82 Å². The highest BCUT2D eigenvalue weighted by molar-refractivity contribution is 6.33. The van der Waals surface area contributed by atoms with Gasteiger partial charge in [0.2, 0.25) is 0 Å². The summed E-state index contributed by atoms with van der Waals surface area (Å²) in [5.74, 6) is 0.322. The van der Waals surface area contributed by atoms with Crippen molar-refractivity contribution in [3.63, 3.8) is 0 Å². The molecule has 2 aromatic heterocycles. The number of hydrogen-bond donors (Lipinski definition) is 2. The Morgan fingerprint density at radius 1 is 1.35 bits per heavy atom. The van der Waals surface area contributed by atoms with Gasteiger partial charge in [0.05, 0.1) is 5.02 Å². The minimum Gasteiger partial charge on any atom is -0.373 e. The Bertz CT molecular complexity index is 589. The number of pyridine rings is 2. The second kappa shape index (κ2) is 6.86. The average Bonchev–Trinajstić information content (AvgIpc) is 2.48. The van der Waals surface area contributed by atoms with Crippen LogP contribution in [0.2, 0.25) is 5.02 Å². The first kappa shape index (κ1) is 14.3. The third kappa shape index (κ3) is 3.68. The van der Waals surface area contributed by atoms with E-state index in [4.69, 9.17) is 11.6 Å². The summed E-state index contributed by atoms with van der Waals surface area (Å²) in [6, 6.07) is 7.20. The van der Waals surface area contributed by atoms with E-state index in [1.807, 2.05) is 12.1 Å². The summed E-state index contributed by atoms with van der Waals surface area (Å²) in [7, 11) is 1.74. The fourth-order valence-electron chi connectivity index (χ4n) is 1.69. The van der Waals surface area contributed by atoms with Crippen molar-refractivity contribution in [3.8, 4) is 0 Å². The summed E-state index contributed by atoms with van der Waals surface area (Å²) in [6.07, 6.45) is 4.21. The smallest absolute Gasteiger partial charge is 0.271 e. The van der Waals surface area contributed by atoms with Crippen LogP contribution in [0.3, 0.4) is 0 Å². The number of carbonyl (C=O) groups is 1. The zero-order valence-corrected chi connectivity index (χ0v) is 11.8. The monoisotopic (exact) mass is 290 g/mol. The number of rotatable bonds is 5. The van der Waals surface area contributed by atoms with Crippen molar-refractivity contribution in [2.75, 3.05) is 18.9 Å². The molecular weight excluding hydrogens is 276 g/mol. The van der Waals surface area contributed by atoms with Crippen molar-refractivity contribution in [1.82, 2.24) is 15.3 Å². The third-order valence-electron chi connectivity index (χ3n) is 2.74. The van der Waals surface area contributed by atoms with Gasteiger partial charge in [0, 0.05) is 26.0 Å². The molecule has 2 heterocycles. The SMILES string of the molecule is CNc1ccc(Cl)c(C(=O)NCCc2cccnc2)n1. The Hall–Kier alpha value is -2.14. The number of anilines is 1. The number of amides is 1. The van der Waals surface area contributed by atoms with E-state index >= 15 is 0 Å². The lowest BCUT2D eigenvalue weighted by Crippen LogP contribution is -2.27. The van der Waals surface area contributed by atoms with Crippen LogP contribution in [0.5, 0.6) is 0 Å². The summed E-state index contributed by atoms with van der Waals surface area (Å²) in [5, 5.41) is 6.01. The number of halogens is 1. The first-order chi connectivity index (χ1) is 9.70. The summed E-state index contributed by atoms with van der Waals surface area (Å²) in [4.78, 5) is 20.2. The van der Waals surface area contributed by atoms with Crippen LogP contribution in [0.15, 0.2) is 36.7 Å². The minimum atomic E-state index is -0.281. The van der Waals surface area contributed by atoms with Crippen LogP contribution in [0.25, 0.3) is 0 Å². The van der Waals surface area contributed by atoms with Gasteiger partial charge in [0.15, 0.2) is 0 Å². The maximum atomic E-state index is 12.0. The van der Waals surface area contributed by atoms with E-state index in [2.05, 4.69) is 20.6 Å². The van der Waals surface area contributed by atoms with E-state index in [0.29, 0.717) is 23.8 Å². The number of aromatic nitrogens is 2. The van der Waals surface area contributed by atoms with Gasteiger partial charge >= 0.3 is 0 Å². The molecule has 0 aromatic carbocycles. The minimum absolute atomic E-state index is 0.227. The summed E-state index contributed by atoms with van der Waals surface area (Å²) >= 11 is 5.98. The summed E-state index contributed by atoms with van der Waals surface area (Å²) < 4.78 is 0. The van der Waals surface area contributed by atoms with Crippen molar-refractivity contribution in [3.05, 3.63) is 52.9 Å². The fourth-order valence-corrected chi connectivity index (χ4v) is 1.88. The molecule has 104 valence electrons. The molecule has 0 unspecified atom stereocenters. The average molecular weight is 291 g/mol. The van der Waals surface area contributed by atoms with Gasteiger partial charge in [0.1, 0.15) is 11.5 Å². The van der Waals surface area contributed by atoms with E-state index in [1.54, 1.807) is 31.6 Å². The van der Waals surface area contributed by atoms with Gasteiger partial charge < -0.3 is 10.6 Å². The molecule has 2 N–H and O–H groups in total. The van der Waals surface area contributed by atoms with E-state index in [1.165, 1.54) is 0 Å². The molecule has 0 saturated heterocycles. The molecule has 20 heavy (non-hydrogen) atoms. The van der Waals surface area contributed by atoms with E-state index in [9.17, 15) is 4.79 Å². The molecule has 5 nitrogen and oxygen atoms in total. The van der Waals surface area contributed by atoms with Crippen LogP contribution >= 0.6 is 11.6 Å². The predicted octanol–water partition coefficient (Wildman–Crippen LogP) is 2.14. The molecule has 0 bridgehead atoms. The Morgan fingerprint density at radius 2 is 2.20 bits per heavy atom. The molecule has 0 aliphatic heterocycles. The van der Waals surface area contributed by atoms with Gasteiger partial charge in [-0.3, -0.25) is 9.78 Å². The number of nitrogens with one attached hydrogen (secondary N) is 2. The van der Waals surface area contributed by atoms with Crippen LogP contribution in [0.1, 0.15) is 16.1 Å². The first-order valence-corrected chi connectivity index (χ1v) is 6.60. The van der Waals surface area contributed by atoms with Crippen molar-refractivity contribution < 1.29 is 4.79 Å². The topological polar surface area (TPSA) is 66.9 Å². The number of hydrogen-bond acceptors (Lipinski definition) is 4. The number of nitrogens with zero attached hydrogens (tertiary/aromatic N) is 2. The Morgan fingerprint density at radius 3 is 2.90 bits per heavy atom. The molecule has 6 heteroatoms. The van der Waals surface area contributed by atoms with E-state index in [0.717, 1.165) is 5.56 Å². The normalized spacial score (nSPS) is 10.1. The van der Waals surface area contributed by atoms with Crippen molar-refractivity contribution in [2.45, 2.75) is 6.42 Å². The molecule has 0 saturated carbocycles. The largest absolute Gasteiger partial charge is 0.373 e. The lowest BCUT2D eigenvalue weighted by Gasteiger charge is -2.07. The van der Waals surface area contributed by atoms with Crippen molar-refractivity contribution >= 4 is 23.3 Å². The van der Waals surface area contributed by atoms with Crippen LogP contribution < -0.4 is 10.6 Å². The maximum Gasteiger partial charge on any atom is 0.271 e. The Kier molecular flexibility index (Phi) is 4.90. The predicted molar refractivity (Wildman–Crippen MR) is 79.1 cm³/mol. The lowest BCUT2D eigenvalue weighted by atomic mass is 10.2.